The molecule has 1 aromatic heterocycles. The Hall–Kier alpha value is -4.93. The number of carbonyl (C=O) groups excluding carboxylic acids is 2. The number of fused-ring (bicyclic) bond motifs is 3. The van der Waals surface area contributed by atoms with Crippen LogP contribution in [0.2, 0.25) is 5.02 Å². The molecule has 0 bridgehead atoms. The molecule has 1 spiro atoms. The van der Waals surface area contributed by atoms with Crippen LogP contribution in [-0.2, 0) is 21.5 Å². The number of nitrogens with zero attached hydrogens (tertiary/aromatic N) is 4. The van der Waals surface area contributed by atoms with Gasteiger partial charge in [-0.05, 0) is 55.3 Å². The van der Waals surface area contributed by atoms with Crippen molar-refractivity contribution in [1.29, 1.82) is 5.26 Å². The number of hydrogen-bond donors (Lipinski definition) is 0. The van der Waals surface area contributed by atoms with Crippen molar-refractivity contribution in [2.75, 3.05) is 9.80 Å². The molecule has 0 unspecified atom stereocenters. The van der Waals surface area contributed by atoms with Gasteiger partial charge in [-0.1, -0.05) is 54.1 Å². The van der Waals surface area contributed by atoms with E-state index in [1.54, 1.807) is 53.1 Å². The average Bonchev–Trinajstić information content (AvgIpc) is 3.61. The van der Waals surface area contributed by atoms with Crippen molar-refractivity contribution >= 4 is 40.5 Å². The van der Waals surface area contributed by atoms with Gasteiger partial charge in [-0.25, -0.2) is 4.39 Å². The van der Waals surface area contributed by atoms with Crippen molar-refractivity contribution in [3.05, 3.63) is 136 Å². The Morgan fingerprint density at radius 1 is 0.929 bits per heavy atom. The lowest BCUT2D eigenvalue weighted by Gasteiger charge is -2.45. The number of rotatable bonds is 4. The first-order valence-corrected chi connectivity index (χ1v) is 14.1. The minimum atomic E-state index is -1.70. The summed E-state index contributed by atoms with van der Waals surface area (Å²) < 4.78 is 16.7. The Kier molecular flexibility index (Phi) is 6.10. The highest BCUT2D eigenvalue weighted by Crippen LogP contribution is 2.58. The van der Waals surface area contributed by atoms with Crippen LogP contribution in [0, 0.1) is 17.1 Å². The zero-order valence-electron chi connectivity index (χ0n) is 22.4. The van der Waals surface area contributed by atoms with E-state index in [0.29, 0.717) is 57.5 Å². The van der Waals surface area contributed by atoms with E-state index in [-0.39, 0.29) is 24.3 Å². The lowest BCUT2D eigenvalue weighted by molar-refractivity contribution is -0.124. The van der Waals surface area contributed by atoms with Gasteiger partial charge in [-0.15, -0.1) is 0 Å². The van der Waals surface area contributed by atoms with Crippen molar-refractivity contribution in [3.63, 3.8) is 0 Å². The number of amides is 1. The van der Waals surface area contributed by atoms with Gasteiger partial charge in [0, 0.05) is 57.6 Å². The third-order valence-corrected chi connectivity index (χ3v) is 8.55. The number of carbonyl (C=O) groups is 2. The van der Waals surface area contributed by atoms with E-state index < -0.39 is 17.1 Å². The minimum absolute atomic E-state index is 0.0450. The molecule has 0 saturated heterocycles. The number of allylic oxidation sites excluding steroid dienone is 1. The molecule has 0 saturated carbocycles. The monoisotopic (exact) mass is 574 g/mol. The lowest BCUT2D eigenvalue weighted by Crippen LogP contribution is -2.51. The third kappa shape index (κ3) is 3.62. The summed E-state index contributed by atoms with van der Waals surface area (Å²) >= 11 is 6.44. The van der Waals surface area contributed by atoms with E-state index in [2.05, 4.69) is 6.07 Å². The molecule has 0 N–H and O–H groups in total. The number of para-hydroxylation sites is 1. The zero-order chi connectivity index (χ0) is 29.0. The molecule has 3 heterocycles. The van der Waals surface area contributed by atoms with E-state index in [1.165, 1.54) is 11.0 Å². The summed E-state index contributed by atoms with van der Waals surface area (Å²) in [4.78, 5) is 32.5. The Morgan fingerprint density at radius 3 is 2.45 bits per heavy atom. The van der Waals surface area contributed by atoms with Gasteiger partial charge in [0.05, 0.1) is 12.1 Å². The predicted octanol–water partition coefficient (Wildman–Crippen LogP) is 6.98. The molecule has 6 nitrogen and oxygen atoms in total. The summed E-state index contributed by atoms with van der Waals surface area (Å²) in [5, 5.41) is 11.5. The Balaban J connectivity index is 1.57. The standard InChI is InChI=1S/C34H24ClFN4O2/c35-23-10-7-11-24(19-23)40-29-15-8-16-30(41)31(29)34(26(20-37)32(40)38-17-5-6-18-38)25-12-2-4-14-28(25)39(33(34)42)21-22-9-1-3-13-27(22)36/h1-7,9-14,17-19H,8,15-16,21H2/t34-/m0/s1. The van der Waals surface area contributed by atoms with Crippen molar-refractivity contribution in [1.82, 2.24) is 4.57 Å². The highest BCUT2D eigenvalue weighted by molar-refractivity contribution is 6.31. The number of halogens is 2. The molecular formula is C34H24ClFN4O2. The molecule has 8 heteroatoms. The molecule has 1 amide bonds. The van der Waals surface area contributed by atoms with E-state index in [9.17, 15) is 14.4 Å². The van der Waals surface area contributed by atoms with Crippen molar-refractivity contribution in [2.45, 2.75) is 31.2 Å². The maximum atomic E-state index is 15.0. The average molecular weight is 575 g/mol. The van der Waals surface area contributed by atoms with Crippen LogP contribution in [0.5, 0.6) is 0 Å². The summed E-state index contributed by atoms with van der Waals surface area (Å²) in [6.45, 7) is -0.0450. The normalized spacial score (nSPS) is 19.8. The maximum absolute atomic E-state index is 15.0. The highest BCUT2D eigenvalue weighted by atomic mass is 35.5. The summed E-state index contributed by atoms with van der Waals surface area (Å²) in [5.41, 5.74) is 1.50. The zero-order valence-corrected chi connectivity index (χ0v) is 23.2. The van der Waals surface area contributed by atoms with Crippen LogP contribution in [0.3, 0.4) is 0 Å². The molecule has 3 aromatic carbocycles. The molecule has 206 valence electrons. The fraction of sp³-hybridized carbons (Fsp3) is 0.147. The predicted molar refractivity (Wildman–Crippen MR) is 159 cm³/mol. The summed E-state index contributed by atoms with van der Waals surface area (Å²) in [6, 6.07) is 26.9. The van der Waals surface area contributed by atoms with Crippen LogP contribution in [0.25, 0.3) is 5.82 Å². The van der Waals surface area contributed by atoms with Crippen LogP contribution >= 0.6 is 11.6 Å². The lowest BCUT2D eigenvalue weighted by atomic mass is 9.63. The number of ketones is 1. The van der Waals surface area contributed by atoms with E-state index in [4.69, 9.17) is 11.6 Å². The quantitative estimate of drug-likeness (QED) is 0.263. The van der Waals surface area contributed by atoms with Crippen molar-refractivity contribution in [3.8, 4) is 6.07 Å². The van der Waals surface area contributed by atoms with E-state index >= 15 is 4.79 Å². The van der Waals surface area contributed by atoms with Gasteiger partial charge in [0.1, 0.15) is 23.1 Å². The molecule has 2 aliphatic heterocycles. The maximum Gasteiger partial charge on any atom is 0.248 e. The summed E-state index contributed by atoms with van der Waals surface area (Å²) in [5.74, 6) is -0.605. The van der Waals surface area contributed by atoms with E-state index in [0.717, 1.165) is 0 Å². The van der Waals surface area contributed by atoms with Crippen LogP contribution < -0.4 is 9.80 Å². The van der Waals surface area contributed by atoms with Crippen LogP contribution in [0.4, 0.5) is 15.8 Å². The second-order valence-electron chi connectivity index (χ2n) is 10.6. The number of aromatic nitrogens is 1. The van der Waals surface area contributed by atoms with Gasteiger partial charge in [0.15, 0.2) is 5.78 Å². The molecule has 1 aliphatic carbocycles. The molecular weight excluding hydrogens is 551 g/mol. The van der Waals surface area contributed by atoms with E-state index in [1.807, 2.05) is 47.6 Å². The molecule has 7 rings (SSSR count). The number of Topliss-reactive ketones (excluding diaryl/α,β-unsaturated/α-hetero) is 1. The smallest absolute Gasteiger partial charge is 0.248 e. The fourth-order valence-corrected chi connectivity index (χ4v) is 6.83. The first kappa shape index (κ1) is 26.0. The molecule has 3 aliphatic rings. The minimum Gasteiger partial charge on any atom is -0.309 e. The molecule has 42 heavy (non-hydrogen) atoms. The Morgan fingerprint density at radius 2 is 1.69 bits per heavy atom. The number of benzene rings is 3. The summed E-state index contributed by atoms with van der Waals surface area (Å²) in [6.07, 6.45) is 5.00. The summed E-state index contributed by atoms with van der Waals surface area (Å²) in [7, 11) is 0. The molecule has 0 radical (unpaired) electrons. The second-order valence-corrected chi connectivity index (χ2v) is 11.0. The number of anilines is 2. The van der Waals surface area contributed by atoms with Crippen molar-refractivity contribution < 1.29 is 14.0 Å². The van der Waals surface area contributed by atoms with Crippen LogP contribution in [-0.4, -0.2) is 16.3 Å². The van der Waals surface area contributed by atoms with Crippen LogP contribution in [0.1, 0.15) is 30.4 Å². The molecule has 4 aromatic rings. The van der Waals surface area contributed by atoms with Gasteiger partial charge in [-0.3, -0.25) is 14.5 Å². The second kappa shape index (κ2) is 9.86. The fourth-order valence-electron chi connectivity index (χ4n) is 6.65. The van der Waals surface area contributed by atoms with Gasteiger partial charge < -0.3 is 9.47 Å². The van der Waals surface area contributed by atoms with Gasteiger partial charge >= 0.3 is 0 Å². The Bertz CT molecular complexity index is 1890. The first-order valence-electron chi connectivity index (χ1n) is 13.7. The number of hydrogen-bond acceptors (Lipinski definition) is 4. The van der Waals surface area contributed by atoms with Crippen molar-refractivity contribution in [2.24, 2.45) is 0 Å². The Labute approximate surface area is 247 Å². The van der Waals surface area contributed by atoms with Crippen LogP contribution in [0.15, 0.2) is 114 Å². The SMILES string of the molecule is N#CC1=C(n2cccc2)N(c2cccc(Cl)c2)C2=C(C(=O)CCC2)[C@@]12C(=O)N(Cc1ccccc1F)c1ccccc12. The largest absolute Gasteiger partial charge is 0.309 e. The first-order chi connectivity index (χ1) is 20.5. The van der Waals surface area contributed by atoms with Gasteiger partial charge in [0.2, 0.25) is 5.91 Å². The molecule has 1 atom stereocenters. The number of nitriles is 1. The van der Waals surface area contributed by atoms with Gasteiger partial charge in [-0.2, -0.15) is 5.26 Å². The highest BCUT2D eigenvalue weighted by Gasteiger charge is 2.62. The molecule has 0 fully saturated rings. The third-order valence-electron chi connectivity index (χ3n) is 8.32. The topological polar surface area (TPSA) is 69.3 Å². The van der Waals surface area contributed by atoms with Gasteiger partial charge in [0.25, 0.3) is 0 Å².